The van der Waals surface area contributed by atoms with E-state index in [0.29, 0.717) is 19.0 Å². The lowest BCUT2D eigenvalue weighted by molar-refractivity contribution is -0.119. The molecule has 112 valence electrons. The fourth-order valence-corrected chi connectivity index (χ4v) is 2.47. The summed E-state index contributed by atoms with van der Waals surface area (Å²) in [7, 11) is 1.87. The molecule has 0 aliphatic carbocycles. The van der Waals surface area contributed by atoms with E-state index in [1.54, 1.807) is 6.92 Å². The van der Waals surface area contributed by atoms with Crippen LogP contribution < -0.4 is 10.2 Å². The number of benzene rings is 1. The molecule has 2 N–H and O–H groups in total. The number of likely N-dealkylation sites (N-methyl/N-ethyl adjacent to an activating group) is 1. The van der Waals surface area contributed by atoms with E-state index in [4.69, 9.17) is 0 Å². The van der Waals surface area contributed by atoms with Crippen molar-refractivity contribution in [2.24, 2.45) is 5.92 Å². The van der Waals surface area contributed by atoms with Crippen LogP contribution in [0.5, 0.6) is 0 Å². The number of amides is 1. The number of nitrogens with zero attached hydrogens (tertiary/aromatic N) is 1. The van der Waals surface area contributed by atoms with Gasteiger partial charge in [0, 0.05) is 23.8 Å². The molecular weight excluding hydrogens is 320 g/mol. The lowest BCUT2D eigenvalue weighted by Crippen LogP contribution is -2.36. The zero-order valence-electron chi connectivity index (χ0n) is 12.5. The van der Waals surface area contributed by atoms with Gasteiger partial charge in [-0.3, -0.25) is 4.79 Å². The van der Waals surface area contributed by atoms with E-state index in [-0.39, 0.29) is 5.91 Å². The summed E-state index contributed by atoms with van der Waals surface area (Å²) >= 11 is 3.44. The predicted octanol–water partition coefficient (Wildman–Crippen LogP) is 2.71. The monoisotopic (exact) mass is 342 g/mol. The summed E-state index contributed by atoms with van der Waals surface area (Å²) in [4.78, 5) is 13.7. The molecule has 0 saturated heterocycles. The van der Waals surface area contributed by atoms with Gasteiger partial charge in [0.1, 0.15) is 0 Å². The summed E-state index contributed by atoms with van der Waals surface area (Å²) in [5.41, 5.74) is 1.77. The molecule has 0 fully saturated rings. The molecule has 0 aromatic heterocycles. The highest BCUT2D eigenvalue weighted by molar-refractivity contribution is 9.10. The van der Waals surface area contributed by atoms with E-state index in [0.717, 1.165) is 15.7 Å². The Kier molecular flexibility index (Phi) is 6.49. The fraction of sp³-hybridized carbons (Fsp3) is 0.533. The Balaban J connectivity index is 2.66. The Hall–Kier alpha value is -1.07. The molecule has 20 heavy (non-hydrogen) atoms. The van der Waals surface area contributed by atoms with Gasteiger partial charge >= 0.3 is 0 Å². The highest BCUT2D eigenvalue weighted by Gasteiger charge is 2.11. The van der Waals surface area contributed by atoms with E-state index in [1.165, 1.54) is 0 Å². The van der Waals surface area contributed by atoms with Crippen molar-refractivity contribution in [3.63, 3.8) is 0 Å². The number of anilines is 1. The van der Waals surface area contributed by atoms with Crippen molar-refractivity contribution in [3.05, 3.63) is 28.2 Å². The van der Waals surface area contributed by atoms with Crippen LogP contribution in [-0.4, -0.2) is 31.2 Å². The molecule has 0 bridgehead atoms. The van der Waals surface area contributed by atoms with Crippen LogP contribution in [0.1, 0.15) is 32.4 Å². The molecular formula is C15H23BrN2O2. The normalized spacial score (nSPS) is 12.3. The van der Waals surface area contributed by atoms with Gasteiger partial charge in [0.2, 0.25) is 5.91 Å². The first kappa shape index (κ1) is 17.0. The van der Waals surface area contributed by atoms with Crippen LogP contribution in [0, 0.1) is 5.92 Å². The third-order valence-corrected chi connectivity index (χ3v) is 3.65. The number of hydrogen-bond donors (Lipinski definition) is 2. The standard InChI is InChI=1S/C15H23BrN2O2/c1-10(2)8-17-15(20)9-18(4)12-5-6-13(11(3)19)14(16)7-12/h5-7,10-11,19H,8-9H2,1-4H3,(H,17,20). The second-order valence-corrected chi connectivity index (χ2v) is 6.29. The molecule has 1 aromatic carbocycles. The molecule has 1 aromatic rings. The molecule has 5 heteroatoms. The van der Waals surface area contributed by atoms with E-state index < -0.39 is 6.10 Å². The molecule has 1 atom stereocenters. The van der Waals surface area contributed by atoms with Crippen LogP contribution in [-0.2, 0) is 4.79 Å². The van der Waals surface area contributed by atoms with Crippen LogP contribution in [0.3, 0.4) is 0 Å². The van der Waals surface area contributed by atoms with E-state index in [2.05, 4.69) is 35.1 Å². The number of aliphatic hydroxyl groups is 1. The first-order valence-corrected chi connectivity index (χ1v) is 7.56. The third kappa shape index (κ3) is 5.13. The Morgan fingerprint density at radius 1 is 1.40 bits per heavy atom. The van der Waals surface area contributed by atoms with Crippen molar-refractivity contribution in [2.45, 2.75) is 26.9 Å². The van der Waals surface area contributed by atoms with Gasteiger partial charge in [0.05, 0.1) is 12.6 Å². The number of nitrogens with one attached hydrogen (secondary N) is 1. The van der Waals surface area contributed by atoms with Gasteiger partial charge in [-0.2, -0.15) is 0 Å². The number of carbonyl (C=O) groups excluding carboxylic acids is 1. The summed E-state index contributed by atoms with van der Waals surface area (Å²) in [5, 5.41) is 12.5. The Bertz CT molecular complexity index is 461. The SMILES string of the molecule is CC(C)CNC(=O)CN(C)c1ccc(C(C)O)c(Br)c1. The van der Waals surface area contributed by atoms with Crippen molar-refractivity contribution < 1.29 is 9.90 Å². The lowest BCUT2D eigenvalue weighted by Gasteiger charge is -2.20. The quantitative estimate of drug-likeness (QED) is 0.835. The summed E-state index contributed by atoms with van der Waals surface area (Å²) in [6.45, 7) is 6.86. The minimum Gasteiger partial charge on any atom is -0.389 e. The zero-order chi connectivity index (χ0) is 15.3. The molecule has 1 rings (SSSR count). The zero-order valence-corrected chi connectivity index (χ0v) is 14.1. The number of rotatable bonds is 6. The van der Waals surface area contributed by atoms with Gasteiger partial charge in [-0.1, -0.05) is 35.8 Å². The van der Waals surface area contributed by atoms with Gasteiger partial charge in [-0.05, 0) is 30.5 Å². The van der Waals surface area contributed by atoms with Gasteiger partial charge < -0.3 is 15.3 Å². The smallest absolute Gasteiger partial charge is 0.239 e. The Morgan fingerprint density at radius 2 is 2.05 bits per heavy atom. The number of aliphatic hydroxyl groups excluding tert-OH is 1. The average molecular weight is 343 g/mol. The van der Waals surface area contributed by atoms with Crippen LogP contribution in [0.25, 0.3) is 0 Å². The molecule has 0 radical (unpaired) electrons. The van der Waals surface area contributed by atoms with E-state index in [1.807, 2.05) is 30.1 Å². The van der Waals surface area contributed by atoms with E-state index >= 15 is 0 Å². The highest BCUT2D eigenvalue weighted by Crippen LogP contribution is 2.27. The maximum Gasteiger partial charge on any atom is 0.239 e. The average Bonchev–Trinajstić information content (AvgIpc) is 2.35. The molecule has 0 aliphatic heterocycles. The minimum atomic E-state index is -0.516. The van der Waals surface area contributed by atoms with Gasteiger partial charge in [0.15, 0.2) is 0 Å². The highest BCUT2D eigenvalue weighted by atomic mass is 79.9. The molecule has 0 spiro atoms. The van der Waals surface area contributed by atoms with Crippen LogP contribution in [0.4, 0.5) is 5.69 Å². The van der Waals surface area contributed by atoms with Crippen molar-refractivity contribution >= 4 is 27.5 Å². The summed E-state index contributed by atoms with van der Waals surface area (Å²) in [6, 6.07) is 5.69. The molecule has 0 saturated carbocycles. The van der Waals surface area contributed by atoms with Gasteiger partial charge in [-0.25, -0.2) is 0 Å². The maximum atomic E-state index is 11.8. The van der Waals surface area contributed by atoms with Gasteiger partial charge in [0.25, 0.3) is 0 Å². The lowest BCUT2D eigenvalue weighted by atomic mass is 10.1. The molecule has 4 nitrogen and oxygen atoms in total. The molecule has 0 aliphatic rings. The topological polar surface area (TPSA) is 52.6 Å². The first-order valence-electron chi connectivity index (χ1n) is 6.76. The largest absolute Gasteiger partial charge is 0.389 e. The van der Waals surface area contributed by atoms with Gasteiger partial charge in [-0.15, -0.1) is 0 Å². The van der Waals surface area contributed by atoms with Crippen LogP contribution >= 0.6 is 15.9 Å². The van der Waals surface area contributed by atoms with E-state index in [9.17, 15) is 9.90 Å². The van der Waals surface area contributed by atoms with Crippen molar-refractivity contribution in [1.82, 2.24) is 5.32 Å². The molecule has 0 heterocycles. The molecule has 1 amide bonds. The third-order valence-electron chi connectivity index (χ3n) is 2.96. The first-order chi connectivity index (χ1) is 9.31. The number of carbonyl (C=O) groups is 1. The number of hydrogen-bond acceptors (Lipinski definition) is 3. The Morgan fingerprint density at radius 3 is 2.55 bits per heavy atom. The summed E-state index contributed by atoms with van der Waals surface area (Å²) in [6.07, 6.45) is -0.516. The van der Waals surface area contributed by atoms with Crippen molar-refractivity contribution in [3.8, 4) is 0 Å². The fourth-order valence-electron chi connectivity index (χ4n) is 1.77. The number of halogens is 1. The van der Waals surface area contributed by atoms with Crippen LogP contribution in [0.2, 0.25) is 0 Å². The summed E-state index contributed by atoms with van der Waals surface area (Å²) in [5.74, 6) is 0.459. The van der Waals surface area contributed by atoms with Crippen molar-refractivity contribution in [1.29, 1.82) is 0 Å². The predicted molar refractivity (Wildman–Crippen MR) is 85.9 cm³/mol. The van der Waals surface area contributed by atoms with Crippen LogP contribution in [0.15, 0.2) is 22.7 Å². The Labute approximate surface area is 129 Å². The summed E-state index contributed by atoms with van der Waals surface area (Å²) < 4.78 is 0.847. The minimum absolute atomic E-state index is 0.0110. The second kappa shape index (κ2) is 7.64. The molecule has 1 unspecified atom stereocenters. The second-order valence-electron chi connectivity index (χ2n) is 5.44. The maximum absolute atomic E-state index is 11.8. The van der Waals surface area contributed by atoms with Crippen molar-refractivity contribution in [2.75, 3.05) is 25.0 Å².